The zero-order chi connectivity index (χ0) is 16.7. The standard InChI is InChI=1S/C17H30N4OS.HI/c1-4-13-10-19-15(23-13)11-20-16(18-5-2)21-12-17(3)9-7-6-8-14(17)22;/h10,14,22H,4-9,11-12H2,1-3H3,(H2,18,20,21);1H. The van der Waals surface area contributed by atoms with E-state index in [9.17, 15) is 5.11 Å². The summed E-state index contributed by atoms with van der Waals surface area (Å²) < 4.78 is 0. The van der Waals surface area contributed by atoms with Gasteiger partial charge in [-0.3, -0.25) is 0 Å². The number of nitrogens with one attached hydrogen (secondary N) is 2. The number of guanidine groups is 1. The van der Waals surface area contributed by atoms with Crippen LogP contribution in [0.2, 0.25) is 0 Å². The number of thiazole rings is 1. The highest BCUT2D eigenvalue weighted by Gasteiger charge is 2.35. The number of hydrogen-bond acceptors (Lipinski definition) is 4. The molecule has 5 nitrogen and oxygen atoms in total. The Bertz CT molecular complexity index is 522. The first-order chi connectivity index (χ1) is 11.1. The Morgan fingerprint density at radius 1 is 1.42 bits per heavy atom. The Hall–Kier alpha value is -0.410. The average molecular weight is 466 g/mol. The molecule has 2 atom stereocenters. The molecule has 1 aliphatic rings. The fraction of sp³-hybridized carbons (Fsp3) is 0.765. The molecule has 2 rings (SSSR count). The van der Waals surface area contributed by atoms with Crippen LogP contribution in [0.25, 0.3) is 0 Å². The Morgan fingerprint density at radius 3 is 2.83 bits per heavy atom. The van der Waals surface area contributed by atoms with Gasteiger partial charge in [-0.1, -0.05) is 26.7 Å². The molecule has 0 saturated heterocycles. The minimum absolute atomic E-state index is 0. The molecule has 1 aromatic heterocycles. The Balaban J connectivity index is 0.00000288. The summed E-state index contributed by atoms with van der Waals surface area (Å²) in [5.41, 5.74) is -0.0645. The topological polar surface area (TPSA) is 69.5 Å². The van der Waals surface area contributed by atoms with Crippen LogP contribution in [0.1, 0.15) is 56.3 Å². The summed E-state index contributed by atoms with van der Waals surface area (Å²) in [6.07, 6.45) is 7.04. The fourth-order valence-electron chi connectivity index (χ4n) is 2.95. The van der Waals surface area contributed by atoms with Gasteiger partial charge in [-0.2, -0.15) is 0 Å². The minimum Gasteiger partial charge on any atom is -0.392 e. The summed E-state index contributed by atoms with van der Waals surface area (Å²) in [6, 6.07) is 0. The van der Waals surface area contributed by atoms with Crippen molar-refractivity contribution in [2.24, 2.45) is 10.4 Å². The molecular formula is C17H31IN4OS. The number of nitrogens with zero attached hydrogens (tertiary/aromatic N) is 2. The average Bonchev–Trinajstić information content (AvgIpc) is 3.01. The Morgan fingerprint density at radius 2 is 2.21 bits per heavy atom. The lowest BCUT2D eigenvalue weighted by Gasteiger charge is -2.38. The van der Waals surface area contributed by atoms with Crippen LogP contribution in [-0.2, 0) is 13.0 Å². The maximum atomic E-state index is 10.3. The molecule has 1 saturated carbocycles. The molecule has 0 amide bonds. The number of rotatable bonds is 6. The highest BCUT2D eigenvalue weighted by Crippen LogP contribution is 2.35. The number of aliphatic hydroxyl groups excluding tert-OH is 1. The number of halogens is 1. The van der Waals surface area contributed by atoms with E-state index in [-0.39, 0.29) is 35.5 Å². The van der Waals surface area contributed by atoms with Crippen LogP contribution in [0.5, 0.6) is 0 Å². The number of aliphatic hydroxyl groups is 1. The summed E-state index contributed by atoms with van der Waals surface area (Å²) in [5.74, 6) is 0.805. The normalized spacial score (nSPS) is 24.3. The third-order valence-corrected chi connectivity index (χ3v) is 5.73. The van der Waals surface area contributed by atoms with Gasteiger partial charge in [-0.25, -0.2) is 9.98 Å². The Labute approximate surface area is 166 Å². The van der Waals surface area contributed by atoms with Gasteiger partial charge in [0.05, 0.1) is 12.6 Å². The van der Waals surface area contributed by atoms with Gasteiger partial charge in [-0.05, 0) is 26.2 Å². The van der Waals surface area contributed by atoms with Crippen molar-refractivity contribution in [3.8, 4) is 0 Å². The lowest BCUT2D eigenvalue weighted by Crippen LogP contribution is -2.48. The lowest BCUT2D eigenvalue weighted by atomic mass is 9.73. The van der Waals surface area contributed by atoms with Gasteiger partial charge in [0.1, 0.15) is 5.01 Å². The summed E-state index contributed by atoms with van der Waals surface area (Å²) in [5, 5.41) is 18.0. The number of aliphatic imine (C=N–C) groups is 1. The molecule has 7 heteroatoms. The van der Waals surface area contributed by atoms with E-state index < -0.39 is 0 Å². The molecule has 1 aromatic rings. The van der Waals surface area contributed by atoms with E-state index >= 15 is 0 Å². The third-order valence-electron chi connectivity index (χ3n) is 4.61. The molecule has 0 bridgehead atoms. The van der Waals surface area contributed by atoms with Crippen molar-refractivity contribution in [1.82, 2.24) is 15.6 Å². The molecular weight excluding hydrogens is 435 g/mol. The smallest absolute Gasteiger partial charge is 0.191 e. The fourth-order valence-corrected chi connectivity index (χ4v) is 3.73. The predicted octanol–water partition coefficient (Wildman–Crippen LogP) is 3.32. The second-order valence-electron chi connectivity index (χ2n) is 6.54. The first-order valence-corrected chi connectivity index (χ1v) is 9.53. The molecule has 24 heavy (non-hydrogen) atoms. The van der Waals surface area contributed by atoms with Crippen molar-refractivity contribution in [3.63, 3.8) is 0 Å². The van der Waals surface area contributed by atoms with Crippen molar-refractivity contribution < 1.29 is 5.11 Å². The van der Waals surface area contributed by atoms with E-state index in [2.05, 4.69) is 41.4 Å². The molecule has 0 spiro atoms. The van der Waals surface area contributed by atoms with Crippen molar-refractivity contribution >= 4 is 41.3 Å². The van der Waals surface area contributed by atoms with E-state index in [4.69, 9.17) is 0 Å². The Kier molecular flexibility index (Phi) is 9.51. The van der Waals surface area contributed by atoms with Crippen molar-refractivity contribution in [2.45, 2.75) is 65.5 Å². The van der Waals surface area contributed by atoms with E-state index in [0.29, 0.717) is 6.54 Å². The van der Waals surface area contributed by atoms with Crippen LogP contribution in [-0.4, -0.2) is 35.2 Å². The van der Waals surface area contributed by atoms with Crippen molar-refractivity contribution in [2.75, 3.05) is 13.1 Å². The van der Waals surface area contributed by atoms with Crippen LogP contribution in [0.15, 0.2) is 11.2 Å². The summed E-state index contributed by atoms with van der Waals surface area (Å²) in [6.45, 7) is 8.54. The predicted molar refractivity (Wildman–Crippen MR) is 112 cm³/mol. The van der Waals surface area contributed by atoms with Crippen molar-refractivity contribution in [1.29, 1.82) is 0 Å². The summed E-state index contributed by atoms with van der Waals surface area (Å²) >= 11 is 1.72. The quantitative estimate of drug-likeness (QED) is 0.342. The van der Waals surface area contributed by atoms with E-state index in [1.54, 1.807) is 11.3 Å². The molecule has 0 aliphatic heterocycles. The first kappa shape index (κ1) is 21.6. The second-order valence-corrected chi connectivity index (χ2v) is 7.74. The second kappa shape index (κ2) is 10.6. The molecule has 138 valence electrons. The third kappa shape index (κ3) is 6.15. The van der Waals surface area contributed by atoms with Gasteiger partial charge in [0.25, 0.3) is 0 Å². The molecule has 0 radical (unpaired) electrons. The maximum absolute atomic E-state index is 10.3. The molecule has 1 fully saturated rings. The van der Waals surface area contributed by atoms with E-state index in [1.165, 1.54) is 11.3 Å². The van der Waals surface area contributed by atoms with Gasteiger partial charge in [0.2, 0.25) is 0 Å². The first-order valence-electron chi connectivity index (χ1n) is 8.71. The van der Waals surface area contributed by atoms with Gasteiger partial charge >= 0.3 is 0 Å². The number of hydrogen-bond donors (Lipinski definition) is 3. The minimum atomic E-state index is -0.224. The zero-order valence-electron chi connectivity index (χ0n) is 15.0. The zero-order valence-corrected chi connectivity index (χ0v) is 18.1. The SMILES string of the molecule is CCNC(=NCc1ncc(CC)s1)NCC1(C)CCCCC1O.I. The van der Waals surface area contributed by atoms with Crippen LogP contribution < -0.4 is 10.6 Å². The van der Waals surface area contributed by atoms with Crippen LogP contribution in [0.4, 0.5) is 0 Å². The monoisotopic (exact) mass is 466 g/mol. The highest BCUT2D eigenvalue weighted by atomic mass is 127. The molecule has 3 N–H and O–H groups in total. The largest absolute Gasteiger partial charge is 0.392 e. The van der Waals surface area contributed by atoms with Crippen LogP contribution in [0.3, 0.4) is 0 Å². The van der Waals surface area contributed by atoms with E-state index in [1.807, 2.05) is 6.20 Å². The van der Waals surface area contributed by atoms with E-state index in [0.717, 1.165) is 49.7 Å². The van der Waals surface area contributed by atoms with Gasteiger partial charge in [0.15, 0.2) is 5.96 Å². The molecule has 0 aromatic carbocycles. The number of aryl methyl sites for hydroxylation is 1. The summed E-state index contributed by atoms with van der Waals surface area (Å²) in [7, 11) is 0. The van der Waals surface area contributed by atoms with Gasteiger partial charge in [0, 0.05) is 29.6 Å². The van der Waals surface area contributed by atoms with Gasteiger partial charge < -0.3 is 15.7 Å². The molecule has 2 unspecified atom stereocenters. The van der Waals surface area contributed by atoms with Crippen molar-refractivity contribution in [3.05, 3.63) is 16.1 Å². The molecule has 1 heterocycles. The van der Waals surface area contributed by atoms with Gasteiger partial charge in [-0.15, -0.1) is 35.3 Å². The highest BCUT2D eigenvalue weighted by molar-refractivity contribution is 14.0. The van der Waals surface area contributed by atoms with Crippen LogP contribution in [0, 0.1) is 5.41 Å². The lowest BCUT2D eigenvalue weighted by molar-refractivity contribution is 0.00397. The molecule has 1 aliphatic carbocycles. The van der Waals surface area contributed by atoms with Crippen LogP contribution >= 0.6 is 35.3 Å². The summed E-state index contributed by atoms with van der Waals surface area (Å²) in [4.78, 5) is 10.3. The maximum Gasteiger partial charge on any atom is 0.191 e. The number of aromatic nitrogens is 1.